The van der Waals surface area contributed by atoms with E-state index < -0.39 is 10.1 Å². The Hall–Kier alpha value is 0.756. The molecule has 7 heteroatoms. The molecule has 0 aliphatic heterocycles. The molecule has 196 valence electrons. The minimum atomic E-state index is -3.91. The van der Waals surface area contributed by atoms with Crippen molar-refractivity contribution in [3.8, 4) is 0 Å². The van der Waals surface area contributed by atoms with E-state index in [4.69, 9.17) is 4.55 Å². The van der Waals surface area contributed by atoms with Gasteiger partial charge in [0.15, 0.2) is 0 Å². The fraction of sp³-hybridized carbons (Fsp3) is 0.889. The van der Waals surface area contributed by atoms with Crippen LogP contribution in [0, 0.1) is 0 Å². The SMILES string of the molecule is CCCCCCCCCCCCCCCCCCCC/C=C/C([O-])=NCCCCS(=O)(=O)O.[K+]. The van der Waals surface area contributed by atoms with Crippen LogP contribution >= 0.6 is 0 Å². The summed E-state index contributed by atoms with van der Waals surface area (Å²) in [5.41, 5.74) is 0. The number of nitrogens with zero attached hydrogens (tertiary/aromatic N) is 1. The second-order valence-corrected chi connectivity index (χ2v) is 11.0. The van der Waals surface area contributed by atoms with Crippen LogP contribution in [0.25, 0.3) is 0 Å². The molecule has 1 N–H and O–H groups in total. The molecule has 0 heterocycles. The second kappa shape index (κ2) is 28.3. The largest absolute Gasteiger partial charge is 1.00 e. The van der Waals surface area contributed by atoms with Crippen molar-refractivity contribution in [2.45, 2.75) is 142 Å². The summed E-state index contributed by atoms with van der Waals surface area (Å²) in [6.45, 7) is 2.58. The first-order valence-corrected chi connectivity index (χ1v) is 15.4. The van der Waals surface area contributed by atoms with Crippen molar-refractivity contribution in [1.82, 2.24) is 0 Å². The molecule has 0 aromatic rings. The van der Waals surface area contributed by atoms with Crippen LogP contribution in [0.15, 0.2) is 17.1 Å². The summed E-state index contributed by atoms with van der Waals surface area (Å²) in [6.07, 6.45) is 29.7. The van der Waals surface area contributed by atoms with Crippen LogP contribution in [0.4, 0.5) is 0 Å². The molecule has 0 saturated carbocycles. The van der Waals surface area contributed by atoms with Crippen LogP contribution in [0.3, 0.4) is 0 Å². The number of hydrogen-bond donors (Lipinski definition) is 1. The molecule has 0 aliphatic carbocycles. The quantitative estimate of drug-likeness (QED) is 0.0629. The minimum absolute atomic E-state index is 0. The van der Waals surface area contributed by atoms with Gasteiger partial charge in [0.05, 0.1) is 5.75 Å². The van der Waals surface area contributed by atoms with Crippen molar-refractivity contribution >= 4 is 16.0 Å². The third kappa shape index (κ3) is 32.8. The summed E-state index contributed by atoms with van der Waals surface area (Å²) in [7, 11) is -3.91. The van der Waals surface area contributed by atoms with E-state index in [9.17, 15) is 13.5 Å². The van der Waals surface area contributed by atoms with Crippen molar-refractivity contribution < 1.29 is 69.5 Å². The van der Waals surface area contributed by atoms with E-state index >= 15 is 0 Å². The van der Waals surface area contributed by atoms with Crippen LogP contribution in [0.5, 0.6) is 0 Å². The molecule has 5 nitrogen and oxygen atoms in total. The van der Waals surface area contributed by atoms with Gasteiger partial charge in [-0.15, -0.1) is 0 Å². The Morgan fingerprint density at radius 3 is 1.53 bits per heavy atom. The van der Waals surface area contributed by atoms with Gasteiger partial charge in [0, 0.05) is 6.54 Å². The molecule has 0 aromatic heterocycles. The van der Waals surface area contributed by atoms with Gasteiger partial charge in [-0.25, -0.2) is 0 Å². The second-order valence-electron chi connectivity index (χ2n) is 9.41. The van der Waals surface area contributed by atoms with Gasteiger partial charge in [0.25, 0.3) is 10.1 Å². The zero-order valence-corrected chi connectivity index (χ0v) is 26.4. The maximum absolute atomic E-state index is 11.6. The van der Waals surface area contributed by atoms with E-state index in [1.165, 1.54) is 115 Å². The van der Waals surface area contributed by atoms with E-state index in [1.807, 2.05) is 6.08 Å². The summed E-state index contributed by atoms with van der Waals surface area (Å²) in [6, 6.07) is 0. The number of hydrogen-bond acceptors (Lipinski definition) is 4. The zero-order chi connectivity index (χ0) is 24.5. The molecule has 34 heavy (non-hydrogen) atoms. The Kier molecular flexibility index (Phi) is 30.8. The molecule has 0 spiro atoms. The number of allylic oxidation sites excluding steroid dienone is 1. The molecule has 0 aromatic carbocycles. The first kappa shape index (κ1) is 36.9. The molecule has 0 fully saturated rings. The Labute approximate surface area is 254 Å². The summed E-state index contributed by atoms with van der Waals surface area (Å²) >= 11 is 0. The molecule has 0 radical (unpaired) electrons. The first-order chi connectivity index (χ1) is 16.0. The van der Waals surface area contributed by atoms with Gasteiger partial charge in [0.2, 0.25) is 0 Å². The van der Waals surface area contributed by atoms with Gasteiger partial charge < -0.3 is 10.1 Å². The smallest absolute Gasteiger partial charge is 0.859 e. The third-order valence-electron chi connectivity index (χ3n) is 6.06. The van der Waals surface area contributed by atoms with Crippen molar-refractivity contribution in [2.24, 2.45) is 4.99 Å². The zero-order valence-electron chi connectivity index (χ0n) is 22.4. The Bertz CT molecular complexity index is 579. The standard InChI is InChI=1S/C27H53NO4S.K/c1-2-3-4-5-6-7-8-9-10-11-12-13-14-15-16-17-18-19-20-21-24-27(29)28-25-22-23-26-33(30,31)32;/h21,24H,2-20,22-23,25-26H2,1H3,(H,28,29)(H,30,31,32);/q;+1/p-1/b24-21+;. The normalized spacial score (nSPS) is 12.4. The molecule has 0 aliphatic rings. The average Bonchev–Trinajstić information content (AvgIpc) is 2.76. The predicted octanol–water partition coefficient (Wildman–Crippen LogP) is 4.41. The summed E-state index contributed by atoms with van der Waals surface area (Å²) in [5.74, 6) is -0.532. The first-order valence-electron chi connectivity index (χ1n) is 13.8. The van der Waals surface area contributed by atoms with Crippen LogP contribution in [0.2, 0.25) is 0 Å². The van der Waals surface area contributed by atoms with Crippen LogP contribution in [0.1, 0.15) is 142 Å². The van der Waals surface area contributed by atoms with Gasteiger partial charge in [-0.05, 0) is 31.6 Å². The van der Waals surface area contributed by atoms with E-state index in [0.29, 0.717) is 19.4 Å². The fourth-order valence-electron chi connectivity index (χ4n) is 3.99. The fourth-order valence-corrected chi connectivity index (χ4v) is 4.56. The maximum atomic E-state index is 11.6. The summed E-state index contributed by atoms with van der Waals surface area (Å²) in [4.78, 5) is 3.86. The van der Waals surface area contributed by atoms with Crippen molar-refractivity contribution in [3.63, 3.8) is 0 Å². The third-order valence-corrected chi connectivity index (χ3v) is 6.87. The van der Waals surface area contributed by atoms with Crippen LogP contribution < -0.4 is 56.5 Å². The van der Waals surface area contributed by atoms with E-state index in [-0.39, 0.29) is 63.0 Å². The number of unbranched alkanes of at least 4 members (excludes halogenated alkanes) is 19. The summed E-state index contributed by atoms with van der Waals surface area (Å²) in [5, 5.41) is 11.6. The van der Waals surface area contributed by atoms with Crippen molar-refractivity contribution in [2.75, 3.05) is 12.3 Å². The van der Waals surface area contributed by atoms with Gasteiger partial charge in [-0.1, -0.05) is 128 Å². The molecule has 0 saturated heterocycles. The van der Waals surface area contributed by atoms with Crippen LogP contribution in [-0.2, 0) is 10.1 Å². The molecule has 0 unspecified atom stereocenters. The predicted molar refractivity (Wildman–Crippen MR) is 140 cm³/mol. The van der Waals surface area contributed by atoms with Gasteiger partial charge in [-0.2, -0.15) is 8.42 Å². The van der Waals surface area contributed by atoms with E-state index in [1.54, 1.807) is 0 Å². The Balaban J connectivity index is 0. The van der Waals surface area contributed by atoms with Crippen molar-refractivity contribution in [1.29, 1.82) is 0 Å². The monoisotopic (exact) mass is 525 g/mol. The van der Waals surface area contributed by atoms with Crippen molar-refractivity contribution in [3.05, 3.63) is 12.2 Å². The van der Waals surface area contributed by atoms with Gasteiger partial charge in [0.1, 0.15) is 0 Å². The minimum Gasteiger partial charge on any atom is -0.859 e. The molecular formula is C27H52KNO4S. The summed E-state index contributed by atoms with van der Waals surface area (Å²) < 4.78 is 29.8. The van der Waals surface area contributed by atoms with E-state index in [2.05, 4.69) is 11.9 Å². The van der Waals surface area contributed by atoms with Crippen LogP contribution in [-0.4, -0.2) is 31.2 Å². The average molecular weight is 526 g/mol. The van der Waals surface area contributed by atoms with Gasteiger partial charge in [-0.3, -0.25) is 4.55 Å². The molecule has 0 rings (SSSR count). The Morgan fingerprint density at radius 1 is 0.706 bits per heavy atom. The molecular weight excluding hydrogens is 473 g/mol. The molecule has 0 bridgehead atoms. The molecule has 0 atom stereocenters. The number of rotatable bonds is 25. The maximum Gasteiger partial charge on any atom is 1.00 e. The Morgan fingerprint density at radius 2 is 1.12 bits per heavy atom. The number of aliphatic imine (C=N–C) groups is 1. The van der Waals surface area contributed by atoms with E-state index in [0.717, 1.165) is 12.8 Å². The van der Waals surface area contributed by atoms with Gasteiger partial charge >= 0.3 is 51.4 Å². The topological polar surface area (TPSA) is 89.8 Å². The molecule has 0 amide bonds.